The zero-order chi connectivity index (χ0) is 32.3. The Morgan fingerprint density at radius 3 is 2.67 bits per heavy atom. The van der Waals surface area contributed by atoms with Crippen molar-refractivity contribution in [3.8, 4) is 28.4 Å². The first-order valence-corrected chi connectivity index (χ1v) is 13.6. The quantitative estimate of drug-likeness (QED) is 0.156. The summed E-state index contributed by atoms with van der Waals surface area (Å²) in [6, 6.07) is 6.70. The first-order valence-electron chi connectivity index (χ1n) is 13.6. The molecule has 238 valence electrons. The summed E-state index contributed by atoms with van der Waals surface area (Å²) in [7, 11) is 0. The molecule has 17 heteroatoms. The van der Waals surface area contributed by atoms with Crippen LogP contribution in [0.5, 0.6) is 5.75 Å². The molecule has 1 unspecified atom stereocenters. The van der Waals surface area contributed by atoms with Gasteiger partial charge in [-0.1, -0.05) is 18.1 Å². The predicted octanol–water partition coefficient (Wildman–Crippen LogP) is 4.65. The number of H-pyrrole nitrogens is 1. The van der Waals surface area contributed by atoms with E-state index in [-0.39, 0.29) is 89.1 Å². The van der Waals surface area contributed by atoms with Gasteiger partial charge in [-0.05, 0) is 36.8 Å². The predicted molar refractivity (Wildman–Crippen MR) is 155 cm³/mol. The number of benzene rings is 2. The van der Waals surface area contributed by atoms with E-state index in [0.717, 1.165) is 18.2 Å². The Morgan fingerprint density at radius 2 is 1.96 bits per heavy atom. The third-order valence-corrected chi connectivity index (χ3v) is 6.69. The van der Waals surface area contributed by atoms with Crippen molar-refractivity contribution in [2.24, 2.45) is 5.10 Å². The van der Waals surface area contributed by atoms with Crippen molar-refractivity contribution < 1.29 is 45.9 Å². The van der Waals surface area contributed by atoms with Gasteiger partial charge in [0.05, 0.1) is 48.3 Å². The fraction of sp³-hybridized carbons (Fsp3) is 0.276. The number of ether oxygens (including phenoxy) is 1. The number of nitrogens with zero attached hydrogens (tertiary/aromatic N) is 4. The van der Waals surface area contributed by atoms with Crippen LogP contribution >= 0.6 is 0 Å². The molecule has 1 atom stereocenters. The molecule has 0 saturated carbocycles. The number of nitrogens with one attached hydrogen (secondary N) is 2. The number of hydrogen-bond acceptors (Lipinski definition) is 8. The molecule has 11 nitrogen and oxygen atoms in total. The van der Waals surface area contributed by atoms with Gasteiger partial charge >= 0.3 is 41.7 Å². The first-order chi connectivity index (χ1) is 21.5. The van der Waals surface area contributed by atoms with E-state index in [4.69, 9.17) is 14.4 Å². The van der Waals surface area contributed by atoms with Crippen molar-refractivity contribution in [3.63, 3.8) is 0 Å². The Kier molecular flexibility index (Phi) is 10.9. The Labute approximate surface area is 280 Å². The monoisotopic (exact) mass is 656 g/mol. The van der Waals surface area contributed by atoms with Crippen LogP contribution in [0.3, 0.4) is 0 Å². The van der Waals surface area contributed by atoms with Crippen LogP contribution in [0.2, 0.25) is 0 Å². The second kappa shape index (κ2) is 14.4. The molecule has 1 aliphatic rings. The van der Waals surface area contributed by atoms with Crippen LogP contribution in [-0.4, -0.2) is 86.0 Å². The molecular formula is C29H26F5N6NaO5. The van der Waals surface area contributed by atoms with E-state index < -0.39 is 47.7 Å². The summed E-state index contributed by atoms with van der Waals surface area (Å²) in [6.45, 7) is 1.59. The van der Waals surface area contributed by atoms with Crippen LogP contribution in [0.4, 0.5) is 22.0 Å². The van der Waals surface area contributed by atoms with Gasteiger partial charge in [-0.15, -0.1) is 0 Å². The number of rotatable bonds is 11. The minimum atomic E-state index is -4.78. The summed E-state index contributed by atoms with van der Waals surface area (Å²) in [4.78, 5) is 31.5. The van der Waals surface area contributed by atoms with Crippen LogP contribution in [0.25, 0.3) is 22.6 Å². The van der Waals surface area contributed by atoms with Crippen LogP contribution in [-0.2, 0) is 22.3 Å². The normalized spacial score (nSPS) is 13.1. The zero-order valence-electron chi connectivity index (χ0n) is 23.5. The molecule has 4 aromatic rings. The number of amides is 1. The van der Waals surface area contributed by atoms with E-state index in [1.54, 1.807) is 0 Å². The summed E-state index contributed by atoms with van der Waals surface area (Å²) in [6.07, 6.45) is -3.32. The van der Waals surface area contributed by atoms with Gasteiger partial charge in [0.1, 0.15) is 17.3 Å². The molecule has 5 rings (SSSR count). The molecule has 1 aliphatic heterocycles. The van der Waals surface area contributed by atoms with E-state index in [2.05, 4.69) is 25.5 Å². The van der Waals surface area contributed by atoms with Crippen LogP contribution in [0.15, 0.2) is 52.1 Å². The molecule has 2 aromatic carbocycles. The average molecular weight is 657 g/mol. The van der Waals surface area contributed by atoms with Crippen molar-refractivity contribution in [1.29, 1.82) is 0 Å². The number of carboxylic acids is 1. The molecular weight excluding hydrogens is 630 g/mol. The summed E-state index contributed by atoms with van der Waals surface area (Å²) in [5.41, 5.74) is -1.11. The maximum absolute atomic E-state index is 14.4. The number of aromatic amines is 1. The van der Waals surface area contributed by atoms with E-state index in [1.807, 2.05) is 6.92 Å². The van der Waals surface area contributed by atoms with Gasteiger partial charge in [-0.2, -0.15) is 18.3 Å². The fourth-order valence-corrected chi connectivity index (χ4v) is 4.59. The van der Waals surface area contributed by atoms with Gasteiger partial charge in [0.15, 0.2) is 23.4 Å². The van der Waals surface area contributed by atoms with E-state index in [9.17, 15) is 31.5 Å². The minimum absolute atomic E-state index is 0. The molecule has 0 bridgehead atoms. The van der Waals surface area contributed by atoms with Gasteiger partial charge in [0, 0.05) is 18.2 Å². The number of imidazole rings is 1. The van der Waals surface area contributed by atoms with Crippen molar-refractivity contribution in [2.45, 2.75) is 38.5 Å². The van der Waals surface area contributed by atoms with Crippen molar-refractivity contribution in [1.82, 2.24) is 25.5 Å². The maximum atomic E-state index is 14.4. The fourth-order valence-electron chi connectivity index (χ4n) is 4.59. The average Bonchev–Trinajstić information content (AvgIpc) is 3.64. The topological polar surface area (TPSA) is 146 Å². The number of carboxylic acid groups (broad SMARTS) is 1. The number of halogens is 5. The van der Waals surface area contributed by atoms with Gasteiger partial charge < -0.3 is 24.7 Å². The molecule has 46 heavy (non-hydrogen) atoms. The van der Waals surface area contributed by atoms with E-state index in [1.165, 1.54) is 35.5 Å². The molecule has 0 radical (unpaired) electrons. The number of hydrazone groups is 1. The third kappa shape index (κ3) is 7.57. The van der Waals surface area contributed by atoms with Gasteiger partial charge in [0.25, 0.3) is 5.91 Å². The van der Waals surface area contributed by atoms with E-state index >= 15 is 0 Å². The standard InChI is InChI=1S/C29H25F5N6O5.Na.H/c1-2-10-44-15-6-7-16(18(11-15)29(32,33)34)20-12-23(45-39-20)26(28(43)35-9-8-24(41)42)40-14-22-21(13-36-40)37-27(38-22)17-4-3-5-19(30)25(17)31;;/h3-7,11-13,26H,2,8-10,14H2,1H3,(H,35,43)(H,37,38)(H,41,42);;. The van der Waals surface area contributed by atoms with Crippen molar-refractivity contribution >= 4 is 47.6 Å². The Bertz CT molecular complexity index is 1760. The molecule has 3 N–H and O–H groups in total. The molecule has 2 aromatic heterocycles. The number of hydrogen-bond donors (Lipinski definition) is 3. The molecule has 0 saturated heterocycles. The summed E-state index contributed by atoms with van der Waals surface area (Å²) in [5, 5.41) is 20.7. The number of carbonyl (C=O) groups is 2. The van der Waals surface area contributed by atoms with E-state index in [0.29, 0.717) is 12.1 Å². The van der Waals surface area contributed by atoms with Crippen molar-refractivity contribution in [3.05, 3.63) is 76.8 Å². The molecule has 0 aliphatic carbocycles. The second-order valence-electron chi connectivity index (χ2n) is 9.89. The second-order valence-corrected chi connectivity index (χ2v) is 9.89. The van der Waals surface area contributed by atoms with Crippen molar-refractivity contribution in [2.75, 3.05) is 13.2 Å². The number of aromatic nitrogens is 3. The first kappa shape index (κ1) is 34.6. The molecule has 0 spiro atoms. The number of alkyl halides is 3. The number of fused-ring (bicyclic) bond motifs is 1. The molecule has 3 heterocycles. The molecule has 0 fully saturated rings. The van der Waals surface area contributed by atoms with Crippen LogP contribution < -0.4 is 10.1 Å². The van der Waals surface area contributed by atoms with Gasteiger partial charge in [-0.25, -0.2) is 13.8 Å². The molecule has 1 amide bonds. The summed E-state index contributed by atoms with van der Waals surface area (Å²) >= 11 is 0. The number of carbonyl (C=O) groups excluding carboxylic acids is 1. The summed E-state index contributed by atoms with van der Waals surface area (Å²) < 4.78 is 81.0. The van der Waals surface area contributed by atoms with Crippen LogP contribution in [0.1, 0.15) is 48.5 Å². The van der Waals surface area contributed by atoms with Crippen LogP contribution in [0, 0.1) is 11.6 Å². The Balaban J connectivity index is 0.00000480. The third-order valence-electron chi connectivity index (χ3n) is 6.69. The number of aliphatic carboxylic acids is 1. The Morgan fingerprint density at radius 1 is 1.17 bits per heavy atom. The van der Waals surface area contributed by atoms with Gasteiger partial charge in [0.2, 0.25) is 0 Å². The zero-order valence-corrected chi connectivity index (χ0v) is 23.5. The SMILES string of the molecule is CCCOc1ccc(-c2cc(C(C(=O)NCCC(=O)O)N3Cc4nc(-c5cccc(F)c5F)[nH]c4C=N3)on2)c(C(F)(F)F)c1.[NaH]. The Hall–Kier alpha value is -4.28. The van der Waals surface area contributed by atoms with Gasteiger partial charge in [-0.3, -0.25) is 14.6 Å². The summed E-state index contributed by atoms with van der Waals surface area (Å²) in [5.74, 6) is -4.34.